The summed E-state index contributed by atoms with van der Waals surface area (Å²) in [5.74, 6) is -3.88. The number of halogens is 5. The second kappa shape index (κ2) is 7.97. The Morgan fingerprint density at radius 3 is 2.44 bits per heavy atom. The van der Waals surface area contributed by atoms with Gasteiger partial charge in [-0.1, -0.05) is 30.3 Å². The first-order valence-electron chi connectivity index (χ1n) is 7.77. The van der Waals surface area contributed by atoms with Crippen LogP contribution in [0.25, 0.3) is 0 Å². The molecule has 12 heteroatoms. The molecule has 1 aliphatic rings. The summed E-state index contributed by atoms with van der Waals surface area (Å²) in [6.45, 7) is -0.206. The van der Waals surface area contributed by atoms with E-state index in [9.17, 15) is 35.2 Å². The standard InChI is InChI=1S/C15H16F5NO5S/c16-14(17)8-4-7-11(12(14)26-27(23,24)15(18,19)20)21-13(22)25-9-10-5-2-1-3-6-10/h1-3,5-6,11-12H,4,7-9H2,(H,21,22)/t11-,12+/m0/s1. The molecule has 0 unspecified atom stereocenters. The molecule has 1 amide bonds. The third kappa shape index (κ3) is 5.51. The fourth-order valence-electron chi connectivity index (χ4n) is 2.54. The van der Waals surface area contributed by atoms with Gasteiger partial charge in [-0.15, -0.1) is 0 Å². The molecule has 1 aliphatic carbocycles. The van der Waals surface area contributed by atoms with E-state index in [1.807, 2.05) is 5.32 Å². The SMILES string of the molecule is O=C(N[C@H]1CCCC(F)(F)[C@@H]1OS(=O)(=O)C(F)(F)F)OCc1ccccc1. The summed E-state index contributed by atoms with van der Waals surface area (Å²) >= 11 is 0. The number of rotatable bonds is 5. The van der Waals surface area contributed by atoms with Gasteiger partial charge in [-0.3, -0.25) is 4.18 Å². The highest BCUT2D eigenvalue weighted by atomic mass is 32.2. The maximum absolute atomic E-state index is 14.0. The third-order valence-corrected chi connectivity index (χ3v) is 4.86. The fraction of sp³-hybridized carbons (Fsp3) is 0.533. The zero-order chi connectivity index (χ0) is 20.3. The number of hydrogen-bond donors (Lipinski definition) is 1. The van der Waals surface area contributed by atoms with Crippen LogP contribution >= 0.6 is 0 Å². The lowest BCUT2D eigenvalue weighted by Gasteiger charge is -2.37. The molecule has 0 heterocycles. The highest BCUT2D eigenvalue weighted by molar-refractivity contribution is 7.87. The van der Waals surface area contributed by atoms with Crippen molar-refractivity contribution in [1.29, 1.82) is 0 Å². The summed E-state index contributed by atoms with van der Waals surface area (Å²) in [5.41, 5.74) is -5.27. The number of benzene rings is 1. The van der Waals surface area contributed by atoms with E-state index in [-0.39, 0.29) is 19.4 Å². The zero-order valence-electron chi connectivity index (χ0n) is 13.7. The smallest absolute Gasteiger partial charge is 0.445 e. The Kier molecular flexibility index (Phi) is 6.30. The van der Waals surface area contributed by atoms with Gasteiger partial charge in [0, 0.05) is 6.42 Å². The first-order chi connectivity index (χ1) is 12.4. The van der Waals surface area contributed by atoms with Gasteiger partial charge in [0.15, 0.2) is 6.10 Å². The number of carbonyl (C=O) groups is 1. The van der Waals surface area contributed by atoms with Crippen LogP contribution in [0.3, 0.4) is 0 Å². The fourth-order valence-corrected chi connectivity index (χ4v) is 3.20. The summed E-state index contributed by atoms with van der Waals surface area (Å²) < 4.78 is 96.2. The first-order valence-corrected chi connectivity index (χ1v) is 9.18. The molecule has 6 nitrogen and oxygen atoms in total. The van der Waals surface area contributed by atoms with E-state index in [4.69, 9.17) is 4.74 Å². The van der Waals surface area contributed by atoms with E-state index in [2.05, 4.69) is 4.18 Å². The van der Waals surface area contributed by atoms with Gasteiger partial charge in [0.05, 0.1) is 6.04 Å². The van der Waals surface area contributed by atoms with Crippen molar-refractivity contribution < 1.29 is 44.1 Å². The molecule has 0 saturated heterocycles. The van der Waals surface area contributed by atoms with Crippen molar-refractivity contribution in [2.75, 3.05) is 0 Å². The quantitative estimate of drug-likeness (QED) is 0.452. The highest BCUT2D eigenvalue weighted by Crippen LogP contribution is 2.39. The first kappa shape index (κ1) is 21.4. The van der Waals surface area contributed by atoms with Crippen LogP contribution in [0.2, 0.25) is 0 Å². The van der Waals surface area contributed by atoms with Crippen LogP contribution in [0.5, 0.6) is 0 Å². The van der Waals surface area contributed by atoms with Crippen molar-refractivity contribution in [3.05, 3.63) is 35.9 Å². The lowest BCUT2D eigenvalue weighted by atomic mass is 9.89. The summed E-state index contributed by atoms with van der Waals surface area (Å²) in [7, 11) is -6.26. The summed E-state index contributed by atoms with van der Waals surface area (Å²) in [6.07, 6.45) is -5.10. The number of amides is 1. The predicted octanol–water partition coefficient (Wildman–Crippen LogP) is 3.34. The molecule has 1 aromatic rings. The largest absolute Gasteiger partial charge is 0.523 e. The van der Waals surface area contributed by atoms with Gasteiger partial charge < -0.3 is 10.1 Å². The Bertz CT molecular complexity index is 754. The van der Waals surface area contributed by atoms with Crippen LogP contribution in [-0.4, -0.2) is 38.1 Å². The van der Waals surface area contributed by atoms with Crippen molar-refractivity contribution in [1.82, 2.24) is 5.32 Å². The highest BCUT2D eigenvalue weighted by Gasteiger charge is 2.56. The van der Waals surface area contributed by atoms with Crippen LogP contribution in [0.15, 0.2) is 30.3 Å². The monoisotopic (exact) mass is 417 g/mol. The van der Waals surface area contributed by atoms with Gasteiger partial charge in [0.25, 0.3) is 5.92 Å². The molecule has 27 heavy (non-hydrogen) atoms. The van der Waals surface area contributed by atoms with Gasteiger partial charge >= 0.3 is 21.7 Å². The van der Waals surface area contributed by atoms with Gasteiger partial charge in [0.2, 0.25) is 0 Å². The molecule has 0 aromatic heterocycles. The second-order valence-corrected chi connectivity index (χ2v) is 7.45. The van der Waals surface area contributed by atoms with Gasteiger partial charge in [-0.2, -0.15) is 21.6 Å². The third-order valence-electron chi connectivity index (χ3n) is 3.84. The molecular weight excluding hydrogens is 401 g/mol. The number of ether oxygens (including phenoxy) is 1. The average Bonchev–Trinajstić information content (AvgIpc) is 2.56. The Hall–Kier alpha value is -1.95. The molecular formula is C15H16F5NO5S. The minimum atomic E-state index is -6.26. The van der Waals surface area contributed by atoms with Crippen molar-refractivity contribution >= 4 is 16.2 Å². The van der Waals surface area contributed by atoms with Crippen LogP contribution in [0, 0.1) is 0 Å². The predicted molar refractivity (Wildman–Crippen MR) is 82.2 cm³/mol. The number of carbonyl (C=O) groups excluding carboxylic acids is 1. The van der Waals surface area contributed by atoms with Gasteiger partial charge in [-0.05, 0) is 18.4 Å². The van der Waals surface area contributed by atoms with Crippen LogP contribution < -0.4 is 5.32 Å². The normalized spacial score (nSPS) is 22.9. The zero-order valence-corrected chi connectivity index (χ0v) is 14.5. The maximum atomic E-state index is 14.0. The van der Waals surface area contributed by atoms with Crippen molar-refractivity contribution in [2.45, 2.75) is 49.4 Å². The topological polar surface area (TPSA) is 81.7 Å². The number of alkyl carbamates (subject to hydrolysis) is 1. The molecule has 1 N–H and O–H groups in total. The Labute approximate surface area is 151 Å². The minimum absolute atomic E-state index is 0.150. The Balaban J connectivity index is 2.07. The van der Waals surface area contributed by atoms with E-state index in [0.717, 1.165) is 0 Å². The van der Waals surface area contributed by atoms with Crippen LogP contribution in [0.4, 0.5) is 26.7 Å². The second-order valence-electron chi connectivity index (χ2n) is 5.88. The molecule has 152 valence electrons. The molecule has 0 bridgehead atoms. The van der Waals surface area contributed by atoms with E-state index in [0.29, 0.717) is 5.56 Å². The Morgan fingerprint density at radius 2 is 1.85 bits per heavy atom. The lowest BCUT2D eigenvalue weighted by molar-refractivity contribution is -0.138. The molecule has 1 fully saturated rings. The molecule has 2 atom stereocenters. The molecule has 2 rings (SSSR count). The number of nitrogens with one attached hydrogen (secondary N) is 1. The van der Waals surface area contributed by atoms with Gasteiger partial charge in [-0.25, -0.2) is 13.6 Å². The summed E-state index contributed by atoms with van der Waals surface area (Å²) in [6, 6.07) is 6.65. The molecule has 0 aliphatic heterocycles. The number of alkyl halides is 5. The molecule has 0 radical (unpaired) electrons. The minimum Gasteiger partial charge on any atom is -0.445 e. The Morgan fingerprint density at radius 1 is 1.22 bits per heavy atom. The van der Waals surface area contributed by atoms with Crippen molar-refractivity contribution in [3.63, 3.8) is 0 Å². The molecule has 0 spiro atoms. The number of hydrogen-bond acceptors (Lipinski definition) is 5. The van der Waals surface area contributed by atoms with Crippen LogP contribution in [0.1, 0.15) is 24.8 Å². The van der Waals surface area contributed by atoms with E-state index < -0.39 is 46.2 Å². The van der Waals surface area contributed by atoms with Crippen LogP contribution in [-0.2, 0) is 25.6 Å². The summed E-state index contributed by atoms with van der Waals surface area (Å²) in [4.78, 5) is 11.8. The summed E-state index contributed by atoms with van der Waals surface area (Å²) in [5, 5.41) is 1.97. The lowest BCUT2D eigenvalue weighted by Crippen LogP contribution is -2.56. The maximum Gasteiger partial charge on any atom is 0.523 e. The molecule has 1 aromatic carbocycles. The average molecular weight is 417 g/mol. The van der Waals surface area contributed by atoms with Crippen molar-refractivity contribution in [3.8, 4) is 0 Å². The van der Waals surface area contributed by atoms with E-state index >= 15 is 0 Å². The van der Waals surface area contributed by atoms with Crippen molar-refractivity contribution in [2.24, 2.45) is 0 Å². The molecule has 1 saturated carbocycles. The van der Waals surface area contributed by atoms with E-state index in [1.165, 1.54) is 0 Å². The van der Waals surface area contributed by atoms with Gasteiger partial charge in [0.1, 0.15) is 6.61 Å². The van der Waals surface area contributed by atoms with E-state index in [1.54, 1.807) is 30.3 Å².